The maximum Gasteiger partial charge on any atom is 0.416 e. The number of halogens is 3. The maximum atomic E-state index is 13.6. The van der Waals surface area contributed by atoms with Gasteiger partial charge in [0.1, 0.15) is 0 Å². The Kier molecular flexibility index (Phi) is 7.03. The van der Waals surface area contributed by atoms with E-state index in [0.29, 0.717) is 35.5 Å². The number of nitriles is 1. The highest BCUT2D eigenvalue weighted by molar-refractivity contribution is 5.90. The molecule has 0 bridgehead atoms. The molecular formula is C27H26F3N7O2. The summed E-state index contributed by atoms with van der Waals surface area (Å²) in [4.78, 5) is 16.1. The smallest absolute Gasteiger partial charge is 0.356 e. The minimum atomic E-state index is -4.58. The second-order valence-corrected chi connectivity index (χ2v) is 9.33. The van der Waals surface area contributed by atoms with Crippen LogP contribution in [0.15, 0.2) is 66.5 Å². The third-order valence-electron chi connectivity index (χ3n) is 6.87. The zero-order valence-corrected chi connectivity index (χ0v) is 21.0. The molecule has 1 aromatic heterocycles. The molecule has 2 aliphatic heterocycles. The number of carbonyl (C=O) groups is 1. The summed E-state index contributed by atoms with van der Waals surface area (Å²) in [5, 5.41) is 31.2. The first-order chi connectivity index (χ1) is 18.7. The number of benzene rings is 2. The quantitative estimate of drug-likeness (QED) is 0.464. The second-order valence-electron chi connectivity index (χ2n) is 9.33. The predicted octanol–water partition coefficient (Wildman–Crippen LogP) is 4.01. The van der Waals surface area contributed by atoms with Crippen molar-refractivity contribution in [3.8, 4) is 11.8 Å². The molecule has 9 nitrogen and oxygen atoms in total. The molecule has 5 rings (SSSR count). The number of alkyl halides is 3. The highest BCUT2D eigenvalue weighted by Crippen LogP contribution is 2.40. The van der Waals surface area contributed by atoms with Gasteiger partial charge < -0.3 is 15.7 Å². The van der Waals surface area contributed by atoms with E-state index in [0.717, 1.165) is 30.1 Å². The number of rotatable bonds is 4. The summed E-state index contributed by atoms with van der Waals surface area (Å²) in [5.41, 5.74) is 1.34. The van der Waals surface area contributed by atoms with Crippen LogP contribution in [0.4, 0.5) is 23.7 Å². The molecule has 3 heterocycles. The molecule has 0 saturated carbocycles. The SMILES string of the molecule is CC1=C(c2ccnn2-c2ccc(C#N)cc2)N(C(=O)NC2CCNCC2)C(O)N1c1cccc(C(F)(F)F)c1. The van der Waals surface area contributed by atoms with Gasteiger partial charge in [0.2, 0.25) is 6.35 Å². The standard InChI is InChI=1S/C27H26F3N7O2/c1-17-24(23-11-14-33-37(23)21-7-5-18(16-31)6-8-21)36(25(38)34-20-9-12-32-13-10-20)26(39)35(17)22-4-2-3-19(15-22)27(28,29)30/h2-8,11,14-15,20,26,32,39H,9-10,12-13H2,1H3,(H,34,38). The first kappa shape index (κ1) is 26.3. The zero-order valence-electron chi connectivity index (χ0n) is 21.0. The first-order valence-corrected chi connectivity index (χ1v) is 12.4. The number of carbonyl (C=O) groups excluding carboxylic acids is 1. The van der Waals surface area contributed by atoms with Gasteiger partial charge in [-0.3, -0.25) is 4.90 Å². The van der Waals surface area contributed by atoms with E-state index >= 15 is 0 Å². The largest absolute Gasteiger partial charge is 0.416 e. The van der Waals surface area contributed by atoms with Gasteiger partial charge in [0, 0.05) is 17.4 Å². The number of hydrogen-bond acceptors (Lipinski definition) is 6. The number of nitrogens with zero attached hydrogens (tertiary/aromatic N) is 5. The summed E-state index contributed by atoms with van der Waals surface area (Å²) in [7, 11) is 0. The molecule has 0 aliphatic carbocycles. The van der Waals surface area contributed by atoms with Crippen molar-refractivity contribution in [3.63, 3.8) is 0 Å². The van der Waals surface area contributed by atoms with Crippen LogP contribution in [0.5, 0.6) is 0 Å². The van der Waals surface area contributed by atoms with Crippen LogP contribution >= 0.6 is 0 Å². The third-order valence-corrected chi connectivity index (χ3v) is 6.87. The lowest BCUT2D eigenvalue weighted by atomic mass is 10.1. The lowest BCUT2D eigenvalue weighted by Crippen LogP contribution is -2.52. The van der Waals surface area contributed by atoms with Crippen molar-refractivity contribution < 1.29 is 23.1 Å². The van der Waals surface area contributed by atoms with Crippen LogP contribution in [-0.4, -0.2) is 51.3 Å². The number of allylic oxidation sites excluding steroid dienone is 1. The molecule has 3 aromatic rings. The van der Waals surface area contributed by atoms with Gasteiger partial charge in [0.25, 0.3) is 0 Å². The predicted molar refractivity (Wildman–Crippen MR) is 137 cm³/mol. The lowest BCUT2D eigenvalue weighted by molar-refractivity contribution is -0.137. The fraction of sp³-hybridized carbons (Fsp3) is 0.296. The molecule has 1 atom stereocenters. The number of nitrogens with one attached hydrogen (secondary N) is 2. The highest BCUT2D eigenvalue weighted by Gasteiger charge is 2.43. The van der Waals surface area contributed by atoms with Gasteiger partial charge in [-0.15, -0.1) is 0 Å². The van der Waals surface area contributed by atoms with Crippen molar-refractivity contribution >= 4 is 17.4 Å². The monoisotopic (exact) mass is 537 g/mol. The molecule has 12 heteroatoms. The van der Waals surface area contributed by atoms with Crippen molar-refractivity contribution in [3.05, 3.63) is 83.3 Å². The van der Waals surface area contributed by atoms with Crippen molar-refractivity contribution in [2.75, 3.05) is 18.0 Å². The molecule has 1 unspecified atom stereocenters. The number of hydrogen-bond donors (Lipinski definition) is 3. The second kappa shape index (κ2) is 10.4. The molecule has 0 spiro atoms. The van der Waals surface area contributed by atoms with E-state index in [2.05, 4.69) is 21.8 Å². The number of amides is 2. The summed E-state index contributed by atoms with van der Waals surface area (Å²) >= 11 is 0. The van der Waals surface area contributed by atoms with Gasteiger partial charge in [-0.2, -0.15) is 23.5 Å². The van der Waals surface area contributed by atoms with Crippen LogP contribution in [0.2, 0.25) is 0 Å². The van der Waals surface area contributed by atoms with Crippen LogP contribution in [0.1, 0.15) is 36.6 Å². The molecule has 1 fully saturated rings. The van der Waals surface area contributed by atoms with Crippen molar-refractivity contribution in [2.24, 2.45) is 0 Å². The van der Waals surface area contributed by atoms with Crippen LogP contribution < -0.4 is 15.5 Å². The minimum Gasteiger partial charge on any atom is -0.356 e. The summed E-state index contributed by atoms with van der Waals surface area (Å²) in [5.74, 6) is 0. The fourth-order valence-corrected chi connectivity index (χ4v) is 4.94. The Bertz CT molecular complexity index is 1440. The Morgan fingerprint density at radius 1 is 1.13 bits per heavy atom. The van der Waals surface area contributed by atoms with E-state index in [9.17, 15) is 23.1 Å². The average Bonchev–Trinajstić information content (AvgIpc) is 3.50. The lowest BCUT2D eigenvalue weighted by Gasteiger charge is -2.32. The van der Waals surface area contributed by atoms with Gasteiger partial charge in [0.15, 0.2) is 0 Å². The Hall–Kier alpha value is -4.34. The molecule has 3 N–H and O–H groups in total. The molecular weight excluding hydrogens is 511 g/mol. The van der Waals surface area contributed by atoms with Crippen LogP contribution in [0, 0.1) is 11.3 Å². The zero-order chi connectivity index (χ0) is 27.7. The Morgan fingerprint density at radius 2 is 1.85 bits per heavy atom. The van der Waals surface area contributed by atoms with Gasteiger partial charge in [-0.1, -0.05) is 6.07 Å². The van der Waals surface area contributed by atoms with Crippen molar-refractivity contribution in [1.82, 2.24) is 25.3 Å². The van der Waals surface area contributed by atoms with Gasteiger partial charge >= 0.3 is 12.2 Å². The first-order valence-electron chi connectivity index (χ1n) is 12.4. The van der Waals surface area contributed by atoms with E-state index in [4.69, 9.17) is 5.26 Å². The average molecular weight is 538 g/mol. The van der Waals surface area contributed by atoms with Crippen LogP contribution in [0.3, 0.4) is 0 Å². The van der Waals surface area contributed by atoms with Crippen molar-refractivity contribution in [1.29, 1.82) is 5.26 Å². The minimum absolute atomic E-state index is 0.0777. The van der Waals surface area contributed by atoms with Crippen LogP contribution in [0.25, 0.3) is 11.4 Å². The summed E-state index contributed by atoms with van der Waals surface area (Å²) in [6, 6.07) is 14.3. The van der Waals surface area contributed by atoms with E-state index in [-0.39, 0.29) is 17.4 Å². The number of aliphatic hydroxyl groups excluding tert-OH is 1. The molecule has 39 heavy (non-hydrogen) atoms. The number of aromatic nitrogens is 2. The van der Waals surface area contributed by atoms with E-state index in [1.807, 2.05) is 0 Å². The third kappa shape index (κ3) is 5.06. The Labute approximate surface area is 222 Å². The summed E-state index contributed by atoms with van der Waals surface area (Å²) < 4.78 is 42.1. The van der Waals surface area contributed by atoms with Gasteiger partial charge in [-0.25, -0.2) is 14.4 Å². The number of urea groups is 1. The van der Waals surface area contributed by atoms with Crippen molar-refractivity contribution in [2.45, 2.75) is 38.3 Å². The summed E-state index contributed by atoms with van der Waals surface area (Å²) in [6.45, 7) is 3.10. The molecule has 2 aromatic carbocycles. The van der Waals surface area contributed by atoms with Gasteiger partial charge in [0.05, 0.1) is 40.5 Å². The molecule has 2 aliphatic rings. The number of aliphatic hydroxyl groups is 1. The fourth-order valence-electron chi connectivity index (χ4n) is 4.94. The van der Waals surface area contributed by atoms with E-state index in [1.54, 1.807) is 41.9 Å². The Morgan fingerprint density at radius 3 is 2.51 bits per heavy atom. The molecule has 0 radical (unpaired) electrons. The topological polar surface area (TPSA) is 109 Å². The molecule has 202 valence electrons. The van der Waals surface area contributed by atoms with Gasteiger partial charge in [-0.05, 0) is 81.4 Å². The summed E-state index contributed by atoms with van der Waals surface area (Å²) in [6.07, 6.45) is -3.27. The molecule has 2 amide bonds. The maximum absolute atomic E-state index is 13.6. The number of anilines is 1. The number of piperidine rings is 1. The normalized spacial score (nSPS) is 18.4. The van der Waals surface area contributed by atoms with E-state index < -0.39 is 24.1 Å². The highest BCUT2D eigenvalue weighted by atomic mass is 19.4. The Balaban J connectivity index is 1.60. The van der Waals surface area contributed by atoms with Crippen LogP contribution in [-0.2, 0) is 6.18 Å². The molecule has 1 saturated heterocycles. The van der Waals surface area contributed by atoms with E-state index in [1.165, 1.54) is 23.2 Å².